The molecule has 6 rings (SSSR count). The van der Waals surface area contributed by atoms with Gasteiger partial charge in [0.25, 0.3) is 0 Å². The van der Waals surface area contributed by atoms with Crippen LogP contribution >= 0.6 is 0 Å². The second kappa shape index (κ2) is 14.5. The molecular formula is C38H41N3O5S. The van der Waals surface area contributed by atoms with E-state index >= 15 is 0 Å². The van der Waals surface area contributed by atoms with Crippen LogP contribution in [0.4, 0.5) is 5.69 Å². The Morgan fingerprint density at radius 2 is 1.51 bits per heavy atom. The van der Waals surface area contributed by atoms with Gasteiger partial charge in [0, 0.05) is 62.5 Å². The molecule has 2 heterocycles. The van der Waals surface area contributed by atoms with Gasteiger partial charge >= 0.3 is 5.97 Å². The summed E-state index contributed by atoms with van der Waals surface area (Å²) in [6.45, 7) is 8.73. The molecule has 0 radical (unpaired) electrons. The van der Waals surface area contributed by atoms with Gasteiger partial charge in [-0.1, -0.05) is 78.9 Å². The number of esters is 1. The van der Waals surface area contributed by atoms with Crippen LogP contribution in [-0.2, 0) is 34.3 Å². The highest BCUT2D eigenvalue weighted by molar-refractivity contribution is 7.89. The predicted molar refractivity (Wildman–Crippen MR) is 185 cm³/mol. The third kappa shape index (κ3) is 7.43. The third-order valence-corrected chi connectivity index (χ3v) is 10.6. The first kappa shape index (κ1) is 32.5. The summed E-state index contributed by atoms with van der Waals surface area (Å²) in [6, 6.07) is 33.4. The van der Waals surface area contributed by atoms with Crippen molar-refractivity contribution in [3.8, 4) is 0 Å². The molecule has 1 saturated heterocycles. The first-order valence-corrected chi connectivity index (χ1v) is 17.6. The minimum absolute atomic E-state index is 0.0927. The summed E-state index contributed by atoms with van der Waals surface area (Å²) in [5.74, 6) is -0.470. The lowest BCUT2D eigenvalue weighted by atomic mass is 10.1. The average molecular weight is 652 g/mol. The van der Waals surface area contributed by atoms with Crippen molar-refractivity contribution in [2.45, 2.75) is 38.3 Å². The standard InChI is InChI=1S/C38H41N3O5S/c1-3-45-38(42)37-29(2)34-26-33(18-19-36(34)46-37)47(43,44)41(21-20-30-12-6-4-7-13-30)28-32-16-10-11-17-35(32)40-24-22-39(23-25-40)27-31-14-8-5-9-15-31/h4-19,26H,3,20-25,27-28H2,1-2H3. The number of carbonyl (C=O) groups excluding carboxylic acids is 1. The zero-order chi connectivity index (χ0) is 32.8. The Balaban J connectivity index is 1.27. The Bertz CT molecular complexity index is 1920. The maximum atomic E-state index is 14.4. The van der Waals surface area contributed by atoms with E-state index in [0.717, 1.165) is 49.5 Å². The molecule has 0 bridgehead atoms. The minimum atomic E-state index is -3.94. The second-order valence-electron chi connectivity index (χ2n) is 11.9. The van der Waals surface area contributed by atoms with Gasteiger partial charge in [-0.15, -0.1) is 0 Å². The molecule has 0 amide bonds. The van der Waals surface area contributed by atoms with Gasteiger partial charge in [-0.3, -0.25) is 4.90 Å². The van der Waals surface area contributed by atoms with E-state index in [1.165, 1.54) is 5.56 Å². The summed E-state index contributed by atoms with van der Waals surface area (Å²) in [5, 5.41) is 0.575. The van der Waals surface area contributed by atoms with E-state index in [1.807, 2.05) is 54.6 Å². The molecule has 244 valence electrons. The lowest BCUT2D eigenvalue weighted by Crippen LogP contribution is -2.46. The quantitative estimate of drug-likeness (QED) is 0.139. The molecule has 0 saturated carbocycles. The van der Waals surface area contributed by atoms with Gasteiger partial charge in [0.2, 0.25) is 15.8 Å². The smallest absolute Gasteiger partial charge is 0.374 e. The van der Waals surface area contributed by atoms with Crippen molar-refractivity contribution in [3.05, 3.63) is 131 Å². The number of furan rings is 1. The number of piperazine rings is 1. The largest absolute Gasteiger partial charge is 0.460 e. The number of aryl methyl sites for hydroxylation is 1. The summed E-state index contributed by atoms with van der Waals surface area (Å²) in [7, 11) is -3.94. The van der Waals surface area contributed by atoms with Crippen LogP contribution in [0.2, 0.25) is 0 Å². The van der Waals surface area contributed by atoms with Crippen LogP contribution in [0.3, 0.4) is 0 Å². The van der Waals surface area contributed by atoms with Crippen LogP contribution in [0.25, 0.3) is 11.0 Å². The molecule has 4 aromatic carbocycles. The van der Waals surface area contributed by atoms with Crippen molar-refractivity contribution in [2.24, 2.45) is 0 Å². The predicted octanol–water partition coefficient (Wildman–Crippen LogP) is 6.67. The number of fused-ring (bicyclic) bond motifs is 1. The summed E-state index contributed by atoms with van der Waals surface area (Å²) in [5.41, 5.74) is 5.40. The van der Waals surface area contributed by atoms with Crippen molar-refractivity contribution in [1.29, 1.82) is 0 Å². The molecule has 9 heteroatoms. The van der Waals surface area contributed by atoms with E-state index in [4.69, 9.17) is 9.15 Å². The van der Waals surface area contributed by atoms with Crippen LogP contribution in [0, 0.1) is 6.92 Å². The number of anilines is 1. The van der Waals surface area contributed by atoms with Crippen molar-refractivity contribution in [2.75, 3.05) is 44.2 Å². The van der Waals surface area contributed by atoms with Crippen molar-refractivity contribution < 1.29 is 22.4 Å². The number of para-hydroxylation sites is 1. The molecule has 1 aliphatic rings. The monoisotopic (exact) mass is 651 g/mol. The van der Waals surface area contributed by atoms with Crippen LogP contribution in [0.1, 0.15) is 39.7 Å². The molecule has 0 spiro atoms. The number of benzene rings is 4. The van der Waals surface area contributed by atoms with Gasteiger partial charge in [0.15, 0.2) is 0 Å². The first-order chi connectivity index (χ1) is 22.8. The molecule has 47 heavy (non-hydrogen) atoms. The number of hydrogen-bond acceptors (Lipinski definition) is 7. The molecule has 0 N–H and O–H groups in total. The highest BCUT2D eigenvalue weighted by Crippen LogP contribution is 2.31. The highest BCUT2D eigenvalue weighted by Gasteiger charge is 2.29. The van der Waals surface area contributed by atoms with Crippen molar-refractivity contribution >= 4 is 32.6 Å². The van der Waals surface area contributed by atoms with Gasteiger partial charge in [-0.25, -0.2) is 13.2 Å². The summed E-state index contributed by atoms with van der Waals surface area (Å²) in [4.78, 5) is 17.5. The van der Waals surface area contributed by atoms with Gasteiger partial charge in [0.05, 0.1) is 11.5 Å². The van der Waals surface area contributed by atoms with Gasteiger partial charge in [-0.05, 0) is 61.2 Å². The Morgan fingerprint density at radius 3 is 2.21 bits per heavy atom. The van der Waals surface area contributed by atoms with E-state index in [9.17, 15) is 13.2 Å². The lowest BCUT2D eigenvalue weighted by Gasteiger charge is -2.37. The fraction of sp³-hybridized carbons (Fsp3) is 0.289. The molecule has 1 aromatic heterocycles. The molecule has 0 atom stereocenters. The van der Waals surface area contributed by atoms with Crippen LogP contribution < -0.4 is 4.90 Å². The summed E-state index contributed by atoms with van der Waals surface area (Å²) in [6.07, 6.45) is 0.570. The topological polar surface area (TPSA) is 83.3 Å². The van der Waals surface area contributed by atoms with Gasteiger partial charge < -0.3 is 14.1 Å². The molecular weight excluding hydrogens is 611 g/mol. The Morgan fingerprint density at radius 1 is 0.851 bits per heavy atom. The van der Waals surface area contributed by atoms with Crippen molar-refractivity contribution in [1.82, 2.24) is 9.21 Å². The number of carbonyl (C=O) groups is 1. The Hall–Kier alpha value is -4.44. The molecule has 8 nitrogen and oxygen atoms in total. The van der Waals surface area contributed by atoms with Gasteiger partial charge in [0.1, 0.15) is 5.58 Å². The maximum Gasteiger partial charge on any atom is 0.374 e. The second-order valence-corrected chi connectivity index (χ2v) is 13.8. The number of rotatable bonds is 12. The molecule has 0 unspecified atom stereocenters. The van der Waals surface area contributed by atoms with Crippen molar-refractivity contribution in [3.63, 3.8) is 0 Å². The Kier molecular flexibility index (Phi) is 10.1. The number of hydrogen-bond donors (Lipinski definition) is 0. The lowest BCUT2D eigenvalue weighted by molar-refractivity contribution is 0.0491. The van der Waals surface area contributed by atoms with E-state index in [-0.39, 0.29) is 23.8 Å². The normalized spacial score (nSPS) is 14.1. The summed E-state index contributed by atoms with van der Waals surface area (Å²) < 4.78 is 41.4. The fourth-order valence-corrected chi connectivity index (χ4v) is 7.66. The number of ether oxygens (including phenoxy) is 1. The molecule has 0 aliphatic carbocycles. The van der Waals surface area contributed by atoms with E-state index < -0.39 is 16.0 Å². The van der Waals surface area contributed by atoms with Crippen LogP contribution in [0.15, 0.2) is 112 Å². The van der Waals surface area contributed by atoms with E-state index in [1.54, 1.807) is 36.4 Å². The minimum Gasteiger partial charge on any atom is -0.460 e. The number of nitrogens with zero attached hydrogens (tertiary/aromatic N) is 3. The van der Waals surface area contributed by atoms with E-state index in [2.05, 4.69) is 40.1 Å². The van der Waals surface area contributed by atoms with Crippen LogP contribution in [0.5, 0.6) is 0 Å². The zero-order valence-electron chi connectivity index (χ0n) is 27.0. The number of sulfonamides is 1. The molecule has 5 aromatic rings. The zero-order valence-corrected chi connectivity index (χ0v) is 27.8. The third-order valence-electron chi connectivity index (χ3n) is 8.80. The van der Waals surface area contributed by atoms with Gasteiger partial charge in [-0.2, -0.15) is 4.31 Å². The molecule has 1 aliphatic heterocycles. The average Bonchev–Trinajstić information content (AvgIpc) is 3.43. The Labute approximate surface area is 277 Å². The first-order valence-electron chi connectivity index (χ1n) is 16.2. The SMILES string of the molecule is CCOC(=O)c1oc2ccc(S(=O)(=O)N(CCc3ccccc3)Cc3ccccc3N3CCN(Cc4ccccc4)CC3)cc2c1C. The highest BCUT2D eigenvalue weighted by atomic mass is 32.2. The van der Waals surface area contributed by atoms with Crippen LogP contribution in [-0.4, -0.2) is 62.9 Å². The van der Waals surface area contributed by atoms with E-state index in [0.29, 0.717) is 29.5 Å². The fourth-order valence-electron chi connectivity index (χ4n) is 6.22. The molecule has 1 fully saturated rings. The maximum absolute atomic E-state index is 14.4. The summed E-state index contributed by atoms with van der Waals surface area (Å²) >= 11 is 0.